The number of nitrogens with one attached hydrogen (secondary N) is 1. The molecule has 4 rings (SSSR count). The number of fused-ring (bicyclic) bond motifs is 1. The molecule has 1 aliphatic carbocycles. The number of ketones is 1. The Labute approximate surface area is 164 Å². The minimum Gasteiger partial charge on any atom is -0.324 e. The van der Waals surface area contributed by atoms with E-state index in [2.05, 4.69) is 10.4 Å². The van der Waals surface area contributed by atoms with Gasteiger partial charge in [0.2, 0.25) is 11.8 Å². The average molecular weight is 398 g/mol. The molecule has 1 aromatic heterocycles. The number of benzene rings is 1. The van der Waals surface area contributed by atoms with Crippen molar-refractivity contribution in [1.82, 2.24) is 9.78 Å². The Morgan fingerprint density at radius 3 is 2.57 bits per heavy atom. The van der Waals surface area contributed by atoms with Crippen LogP contribution < -0.4 is 15.8 Å². The smallest absolute Gasteiger partial charge is 0.292 e. The average Bonchev–Trinajstić information content (AvgIpc) is 3.49. The molecule has 0 bridgehead atoms. The van der Waals surface area contributed by atoms with Gasteiger partial charge in [0.15, 0.2) is 5.78 Å². The zero-order valence-electron chi connectivity index (χ0n) is 15.2. The second-order valence-electron chi connectivity index (χ2n) is 6.79. The molecule has 8 nitrogen and oxygen atoms in total. The Kier molecular flexibility index (Phi) is 4.76. The predicted octanol–water partition coefficient (Wildman–Crippen LogP) is 1.69. The number of hydrogen-bond acceptors (Lipinski definition) is 6. The number of carbonyl (C=O) groups excluding carboxylic acids is 3. The summed E-state index contributed by atoms with van der Waals surface area (Å²) in [4.78, 5) is 51.1. The van der Waals surface area contributed by atoms with E-state index in [1.807, 2.05) is 0 Å². The maximum atomic E-state index is 12.9. The van der Waals surface area contributed by atoms with Gasteiger partial charge >= 0.3 is 0 Å². The van der Waals surface area contributed by atoms with Crippen LogP contribution in [0.5, 0.6) is 0 Å². The maximum Gasteiger partial charge on any atom is 0.292 e. The number of aromatic nitrogens is 2. The first-order chi connectivity index (χ1) is 13.4. The first-order valence-electron chi connectivity index (χ1n) is 8.90. The maximum absolute atomic E-state index is 12.9. The van der Waals surface area contributed by atoms with Crippen molar-refractivity contribution >= 4 is 40.7 Å². The second-order valence-corrected chi connectivity index (χ2v) is 7.80. The van der Waals surface area contributed by atoms with Crippen LogP contribution in [-0.2, 0) is 16.1 Å². The lowest BCUT2D eigenvalue weighted by Crippen LogP contribution is -2.43. The predicted molar refractivity (Wildman–Crippen MR) is 105 cm³/mol. The number of carbonyl (C=O) groups is 3. The van der Waals surface area contributed by atoms with Gasteiger partial charge in [0, 0.05) is 17.3 Å². The molecule has 1 saturated carbocycles. The first kappa shape index (κ1) is 18.4. The third-order valence-electron chi connectivity index (χ3n) is 4.63. The van der Waals surface area contributed by atoms with E-state index in [1.54, 1.807) is 29.2 Å². The van der Waals surface area contributed by atoms with Crippen molar-refractivity contribution in [3.8, 4) is 0 Å². The summed E-state index contributed by atoms with van der Waals surface area (Å²) in [5.41, 5.74) is 0.962. The van der Waals surface area contributed by atoms with Crippen LogP contribution in [0.25, 0.3) is 0 Å². The monoisotopic (exact) mass is 398 g/mol. The number of hydrogen-bond donors (Lipinski definition) is 1. The Balaban J connectivity index is 1.53. The van der Waals surface area contributed by atoms with E-state index < -0.39 is 11.5 Å². The van der Waals surface area contributed by atoms with Crippen molar-refractivity contribution in [2.75, 3.05) is 16.0 Å². The molecule has 1 aromatic carbocycles. The molecule has 2 aromatic rings. The number of nitrogens with zero attached hydrogens (tertiary/aromatic N) is 3. The third kappa shape index (κ3) is 3.57. The fourth-order valence-corrected chi connectivity index (χ4v) is 3.94. The molecular weight excluding hydrogens is 380 g/mol. The molecular formula is C19H18N4O4S. The summed E-state index contributed by atoms with van der Waals surface area (Å²) >= 11 is 1.30. The van der Waals surface area contributed by atoms with Gasteiger partial charge in [0.05, 0.1) is 16.8 Å². The first-order valence-corrected chi connectivity index (χ1v) is 9.88. The summed E-state index contributed by atoms with van der Waals surface area (Å²) in [7, 11) is 0. The van der Waals surface area contributed by atoms with Crippen LogP contribution in [0, 0.1) is 0 Å². The van der Waals surface area contributed by atoms with Crippen molar-refractivity contribution in [3.63, 3.8) is 0 Å². The minimum absolute atomic E-state index is 0.0599. The highest BCUT2D eigenvalue weighted by Crippen LogP contribution is 2.38. The summed E-state index contributed by atoms with van der Waals surface area (Å²) in [6, 6.07) is 6.57. The van der Waals surface area contributed by atoms with Gasteiger partial charge in [-0.2, -0.15) is 5.10 Å². The van der Waals surface area contributed by atoms with Crippen molar-refractivity contribution < 1.29 is 14.4 Å². The zero-order valence-corrected chi connectivity index (χ0v) is 16.0. The van der Waals surface area contributed by atoms with Gasteiger partial charge in [-0.3, -0.25) is 19.2 Å². The van der Waals surface area contributed by atoms with Gasteiger partial charge < -0.3 is 10.2 Å². The molecule has 144 valence electrons. The molecule has 28 heavy (non-hydrogen) atoms. The van der Waals surface area contributed by atoms with Gasteiger partial charge in [-0.05, 0) is 44.0 Å². The fourth-order valence-electron chi connectivity index (χ4n) is 3.08. The number of anilines is 2. The quantitative estimate of drug-likeness (QED) is 0.769. The Morgan fingerprint density at radius 1 is 1.21 bits per heavy atom. The highest BCUT2D eigenvalue weighted by molar-refractivity contribution is 8.00. The lowest BCUT2D eigenvalue weighted by molar-refractivity contribution is -0.117. The third-order valence-corrected chi connectivity index (χ3v) is 5.63. The number of Topliss-reactive ketones (excluding diaryl/α,β-unsaturated/α-hetero) is 1. The zero-order chi connectivity index (χ0) is 19.8. The van der Waals surface area contributed by atoms with E-state index in [0.717, 1.165) is 17.5 Å². The van der Waals surface area contributed by atoms with Crippen LogP contribution in [0.1, 0.15) is 30.1 Å². The molecule has 1 fully saturated rings. The van der Waals surface area contributed by atoms with Gasteiger partial charge in [-0.1, -0.05) is 0 Å². The molecule has 0 atom stereocenters. The molecule has 2 heterocycles. The summed E-state index contributed by atoms with van der Waals surface area (Å²) in [6.07, 6.45) is 3.31. The normalized spacial score (nSPS) is 15.9. The Hall–Kier alpha value is -2.94. The van der Waals surface area contributed by atoms with Gasteiger partial charge in [0.25, 0.3) is 5.56 Å². The fraction of sp³-hybridized carbons (Fsp3) is 0.316. The molecule has 0 saturated heterocycles. The van der Waals surface area contributed by atoms with E-state index in [1.165, 1.54) is 24.9 Å². The molecule has 1 N–H and O–H groups in total. The second kappa shape index (κ2) is 7.23. The lowest BCUT2D eigenvalue weighted by atomic mass is 10.1. The van der Waals surface area contributed by atoms with Crippen molar-refractivity contribution in [2.24, 2.45) is 0 Å². The molecule has 9 heteroatoms. The van der Waals surface area contributed by atoms with E-state index in [0.29, 0.717) is 27.6 Å². The largest absolute Gasteiger partial charge is 0.324 e. The molecule has 0 unspecified atom stereocenters. The molecule has 2 aliphatic rings. The number of rotatable bonds is 5. The van der Waals surface area contributed by atoms with Crippen LogP contribution in [0.3, 0.4) is 0 Å². The van der Waals surface area contributed by atoms with Crippen LogP contribution >= 0.6 is 11.8 Å². The van der Waals surface area contributed by atoms with E-state index in [9.17, 15) is 19.2 Å². The topological polar surface area (TPSA) is 101 Å². The van der Waals surface area contributed by atoms with Crippen LogP contribution in [0.4, 0.5) is 11.4 Å². The van der Waals surface area contributed by atoms with Crippen LogP contribution in [0.2, 0.25) is 0 Å². The lowest BCUT2D eigenvalue weighted by Gasteiger charge is -2.28. The highest BCUT2D eigenvalue weighted by atomic mass is 32.2. The molecule has 0 radical (unpaired) electrons. The van der Waals surface area contributed by atoms with E-state index in [4.69, 9.17) is 0 Å². The summed E-state index contributed by atoms with van der Waals surface area (Å²) in [6.45, 7) is 1.20. The number of amides is 2. The molecule has 1 aliphatic heterocycles. The highest BCUT2D eigenvalue weighted by Gasteiger charge is 2.39. The Bertz CT molecular complexity index is 1030. The molecule has 0 spiro atoms. The Morgan fingerprint density at radius 2 is 1.93 bits per heavy atom. The summed E-state index contributed by atoms with van der Waals surface area (Å²) < 4.78 is 1.08. The minimum atomic E-state index is -0.438. The van der Waals surface area contributed by atoms with Crippen molar-refractivity contribution in [3.05, 3.63) is 46.4 Å². The van der Waals surface area contributed by atoms with Gasteiger partial charge in [-0.25, -0.2) is 4.68 Å². The van der Waals surface area contributed by atoms with Gasteiger partial charge in [0.1, 0.15) is 12.2 Å². The van der Waals surface area contributed by atoms with Crippen LogP contribution in [0.15, 0.2) is 40.2 Å². The van der Waals surface area contributed by atoms with E-state index in [-0.39, 0.29) is 24.3 Å². The van der Waals surface area contributed by atoms with Gasteiger partial charge in [-0.15, -0.1) is 11.8 Å². The molecule has 2 amide bonds. The summed E-state index contributed by atoms with van der Waals surface area (Å²) in [5.74, 6) is -0.260. The van der Waals surface area contributed by atoms with E-state index >= 15 is 0 Å². The summed E-state index contributed by atoms with van der Waals surface area (Å²) in [5, 5.41) is 6.77. The SMILES string of the molecule is CC(=O)c1ccc(NC(=O)Cn2ncc3c(c2=O)N(C2CC2)C(=O)CS3)cc1. The van der Waals surface area contributed by atoms with Crippen molar-refractivity contribution in [1.29, 1.82) is 0 Å². The number of thioether (sulfide) groups is 1. The van der Waals surface area contributed by atoms with Crippen molar-refractivity contribution in [2.45, 2.75) is 37.2 Å². The van der Waals surface area contributed by atoms with Crippen LogP contribution in [-0.4, -0.2) is 39.2 Å². The standard InChI is InChI=1S/C19H18N4O4S/c1-11(24)12-2-4-13(5-3-12)21-16(25)9-22-19(27)18-15(8-20-22)28-10-17(26)23(18)14-6-7-14/h2-5,8,14H,6-7,9-10H2,1H3,(H,21,25).